The van der Waals surface area contributed by atoms with Crippen LogP contribution in [0.2, 0.25) is 0 Å². The second kappa shape index (κ2) is 6.38. The molecule has 1 aromatic rings. The maximum Gasteiger partial charge on any atom is 0.407 e. The van der Waals surface area contributed by atoms with Gasteiger partial charge in [-0.3, -0.25) is 4.79 Å². The van der Waals surface area contributed by atoms with Gasteiger partial charge in [-0.2, -0.15) is 0 Å². The SMILES string of the molecule is O=C(NC1CC2CCC1CC2C(=O)O)OCc1ccccc1. The van der Waals surface area contributed by atoms with E-state index in [0.29, 0.717) is 6.42 Å². The topological polar surface area (TPSA) is 75.6 Å². The number of hydrogen-bond donors (Lipinski definition) is 2. The number of rotatable bonds is 4. The Balaban J connectivity index is 1.50. The molecule has 2 N–H and O–H groups in total. The summed E-state index contributed by atoms with van der Waals surface area (Å²) >= 11 is 0. The van der Waals surface area contributed by atoms with E-state index < -0.39 is 12.1 Å². The molecule has 22 heavy (non-hydrogen) atoms. The molecule has 2 bridgehead atoms. The number of carbonyl (C=O) groups is 2. The predicted octanol–water partition coefficient (Wildman–Crippen LogP) is 2.80. The first kappa shape index (κ1) is 14.9. The first-order valence-electron chi connectivity index (χ1n) is 7.83. The van der Waals surface area contributed by atoms with Gasteiger partial charge in [0.1, 0.15) is 6.61 Å². The van der Waals surface area contributed by atoms with Gasteiger partial charge in [0.05, 0.1) is 5.92 Å². The minimum absolute atomic E-state index is 0.0534. The molecule has 1 aromatic carbocycles. The lowest BCUT2D eigenvalue weighted by Crippen LogP contribution is -2.51. The number of hydrogen-bond acceptors (Lipinski definition) is 3. The number of alkyl carbamates (subject to hydrolysis) is 1. The van der Waals surface area contributed by atoms with Crippen LogP contribution in [0.3, 0.4) is 0 Å². The van der Waals surface area contributed by atoms with E-state index >= 15 is 0 Å². The number of carboxylic acid groups (broad SMARTS) is 1. The summed E-state index contributed by atoms with van der Waals surface area (Å²) in [5, 5.41) is 12.2. The van der Waals surface area contributed by atoms with Crippen LogP contribution in [0.4, 0.5) is 4.79 Å². The summed E-state index contributed by atoms with van der Waals surface area (Å²) in [6.07, 6.45) is 2.97. The summed E-state index contributed by atoms with van der Waals surface area (Å²) in [5.41, 5.74) is 0.953. The normalized spacial score (nSPS) is 29.8. The highest BCUT2D eigenvalue weighted by Gasteiger charge is 2.45. The number of nitrogens with one attached hydrogen (secondary N) is 1. The van der Waals surface area contributed by atoms with Gasteiger partial charge < -0.3 is 15.2 Å². The van der Waals surface area contributed by atoms with Gasteiger partial charge in [-0.05, 0) is 43.1 Å². The van der Waals surface area contributed by atoms with Crippen molar-refractivity contribution in [2.45, 2.75) is 38.3 Å². The van der Waals surface area contributed by atoms with E-state index in [1.54, 1.807) is 0 Å². The molecule has 4 atom stereocenters. The standard InChI is InChI=1S/C17H21NO4/c19-16(20)14-8-13-7-6-12(14)9-15(13)18-17(21)22-10-11-4-2-1-3-5-11/h1-5,12-15H,6-10H2,(H,18,21)(H,19,20). The second-order valence-electron chi connectivity index (χ2n) is 6.33. The van der Waals surface area contributed by atoms with Gasteiger partial charge in [0.2, 0.25) is 0 Å². The highest BCUT2D eigenvalue weighted by atomic mass is 16.5. The van der Waals surface area contributed by atoms with Crippen molar-refractivity contribution in [1.29, 1.82) is 0 Å². The molecule has 0 spiro atoms. The maximum atomic E-state index is 11.9. The van der Waals surface area contributed by atoms with E-state index in [-0.39, 0.29) is 30.4 Å². The second-order valence-corrected chi connectivity index (χ2v) is 6.33. The number of carbonyl (C=O) groups excluding carboxylic acids is 1. The van der Waals surface area contributed by atoms with Crippen molar-refractivity contribution in [2.75, 3.05) is 0 Å². The van der Waals surface area contributed by atoms with Gasteiger partial charge >= 0.3 is 12.1 Å². The Morgan fingerprint density at radius 2 is 1.86 bits per heavy atom. The largest absolute Gasteiger partial charge is 0.481 e. The molecule has 0 saturated heterocycles. The molecule has 3 fully saturated rings. The predicted molar refractivity (Wildman–Crippen MR) is 80.1 cm³/mol. The average molecular weight is 303 g/mol. The van der Waals surface area contributed by atoms with Crippen LogP contribution in [-0.4, -0.2) is 23.2 Å². The van der Waals surface area contributed by atoms with E-state index in [0.717, 1.165) is 24.8 Å². The van der Waals surface area contributed by atoms with Crippen LogP contribution in [0.25, 0.3) is 0 Å². The fourth-order valence-electron chi connectivity index (χ4n) is 3.83. The van der Waals surface area contributed by atoms with E-state index in [1.165, 1.54) is 0 Å². The summed E-state index contributed by atoms with van der Waals surface area (Å²) in [7, 11) is 0. The molecule has 0 heterocycles. The van der Waals surface area contributed by atoms with Crippen molar-refractivity contribution in [3.05, 3.63) is 35.9 Å². The molecule has 0 aromatic heterocycles. The molecular formula is C17H21NO4. The molecule has 5 nitrogen and oxygen atoms in total. The molecule has 118 valence electrons. The van der Waals surface area contributed by atoms with Crippen LogP contribution in [0.15, 0.2) is 30.3 Å². The van der Waals surface area contributed by atoms with E-state index in [2.05, 4.69) is 5.32 Å². The number of carboxylic acids is 1. The molecule has 0 radical (unpaired) electrons. The minimum atomic E-state index is -0.695. The van der Waals surface area contributed by atoms with E-state index in [4.69, 9.17) is 4.74 Å². The summed E-state index contributed by atoms with van der Waals surface area (Å²) < 4.78 is 5.25. The zero-order valence-corrected chi connectivity index (χ0v) is 12.4. The van der Waals surface area contributed by atoms with Crippen molar-refractivity contribution >= 4 is 12.1 Å². The number of aliphatic carboxylic acids is 1. The first-order valence-corrected chi connectivity index (χ1v) is 7.83. The van der Waals surface area contributed by atoms with Gasteiger partial charge in [0.15, 0.2) is 0 Å². The van der Waals surface area contributed by atoms with Crippen LogP contribution in [0.5, 0.6) is 0 Å². The molecular weight excluding hydrogens is 282 g/mol. The third kappa shape index (κ3) is 3.24. The Hall–Kier alpha value is -2.04. The molecule has 3 saturated carbocycles. The van der Waals surface area contributed by atoms with Crippen molar-refractivity contribution in [3.8, 4) is 0 Å². The molecule has 4 unspecified atom stereocenters. The van der Waals surface area contributed by atoms with Crippen molar-refractivity contribution in [1.82, 2.24) is 5.32 Å². The lowest BCUT2D eigenvalue weighted by molar-refractivity contribution is -0.148. The molecule has 5 heteroatoms. The highest BCUT2D eigenvalue weighted by Crippen LogP contribution is 2.45. The van der Waals surface area contributed by atoms with E-state index in [1.807, 2.05) is 30.3 Å². The van der Waals surface area contributed by atoms with Gasteiger partial charge in [0, 0.05) is 6.04 Å². The van der Waals surface area contributed by atoms with Gasteiger partial charge in [0.25, 0.3) is 0 Å². The fraction of sp³-hybridized carbons (Fsp3) is 0.529. The first-order chi connectivity index (χ1) is 10.6. The van der Waals surface area contributed by atoms with Gasteiger partial charge in [-0.15, -0.1) is 0 Å². The number of benzene rings is 1. The lowest BCUT2D eigenvalue weighted by atomic mass is 9.62. The van der Waals surface area contributed by atoms with Gasteiger partial charge in [-0.1, -0.05) is 30.3 Å². The molecule has 4 rings (SSSR count). The number of ether oxygens (including phenoxy) is 1. The molecule has 3 aliphatic rings. The van der Waals surface area contributed by atoms with Crippen LogP contribution >= 0.6 is 0 Å². The third-order valence-electron chi connectivity index (χ3n) is 4.99. The quantitative estimate of drug-likeness (QED) is 0.897. The Bertz CT molecular complexity index is 545. The van der Waals surface area contributed by atoms with Crippen molar-refractivity contribution in [3.63, 3.8) is 0 Å². The highest BCUT2D eigenvalue weighted by molar-refractivity contribution is 5.71. The molecule has 0 aliphatic heterocycles. The smallest absolute Gasteiger partial charge is 0.407 e. The van der Waals surface area contributed by atoms with Crippen LogP contribution < -0.4 is 5.32 Å². The van der Waals surface area contributed by atoms with Crippen LogP contribution in [0.1, 0.15) is 31.2 Å². The Morgan fingerprint density at radius 3 is 2.50 bits per heavy atom. The number of fused-ring (bicyclic) bond motifs is 3. The lowest BCUT2D eigenvalue weighted by Gasteiger charge is -2.45. The molecule has 1 amide bonds. The Kier molecular flexibility index (Phi) is 4.32. The van der Waals surface area contributed by atoms with Crippen molar-refractivity contribution < 1.29 is 19.4 Å². The summed E-state index contributed by atoms with van der Waals surface area (Å²) in [5.74, 6) is -0.491. The fourth-order valence-corrected chi connectivity index (χ4v) is 3.83. The summed E-state index contributed by atoms with van der Waals surface area (Å²) in [4.78, 5) is 23.1. The summed E-state index contributed by atoms with van der Waals surface area (Å²) in [6, 6.07) is 9.60. The minimum Gasteiger partial charge on any atom is -0.481 e. The van der Waals surface area contributed by atoms with Gasteiger partial charge in [-0.25, -0.2) is 4.79 Å². The summed E-state index contributed by atoms with van der Waals surface area (Å²) in [6.45, 7) is 0.255. The maximum absolute atomic E-state index is 11.9. The zero-order chi connectivity index (χ0) is 15.5. The Morgan fingerprint density at radius 1 is 1.14 bits per heavy atom. The average Bonchev–Trinajstić information content (AvgIpc) is 2.54. The third-order valence-corrected chi connectivity index (χ3v) is 4.99. The monoisotopic (exact) mass is 303 g/mol. The van der Waals surface area contributed by atoms with Crippen LogP contribution in [0, 0.1) is 17.8 Å². The van der Waals surface area contributed by atoms with Crippen LogP contribution in [-0.2, 0) is 16.1 Å². The molecule has 3 aliphatic carbocycles. The van der Waals surface area contributed by atoms with E-state index in [9.17, 15) is 14.7 Å². The zero-order valence-electron chi connectivity index (χ0n) is 12.4. The Labute approximate surface area is 129 Å². The number of amides is 1. The van der Waals surface area contributed by atoms with Crippen molar-refractivity contribution in [2.24, 2.45) is 17.8 Å².